The van der Waals surface area contributed by atoms with E-state index in [1.807, 2.05) is 11.0 Å². The molecular weight excluding hydrogens is 419 g/mol. The molecule has 0 bridgehead atoms. The molecule has 2 atom stereocenters. The number of nitrogens with one attached hydrogen (secondary N) is 1. The lowest BCUT2D eigenvalue weighted by atomic mass is 10.0. The summed E-state index contributed by atoms with van der Waals surface area (Å²) in [6.07, 6.45) is -1.48. The first-order valence-corrected chi connectivity index (χ1v) is 9.54. The number of hydrogen-bond donors (Lipinski definition) is 2. The predicted octanol–water partition coefficient (Wildman–Crippen LogP) is 1.61. The van der Waals surface area contributed by atoms with E-state index >= 15 is 0 Å². The average molecular weight is 443 g/mol. The van der Waals surface area contributed by atoms with Crippen LogP contribution in [0.3, 0.4) is 0 Å². The van der Waals surface area contributed by atoms with Gasteiger partial charge in [-0.3, -0.25) is 9.36 Å². The minimum Gasteiger partial charge on any atom is -0.475 e. The van der Waals surface area contributed by atoms with E-state index in [0.29, 0.717) is 23.6 Å². The first-order chi connectivity index (χ1) is 14.4. The molecule has 12 heteroatoms. The van der Waals surface area contributed by atoms with Gasteiger partial charge in [0.05, 0.1) is 6.54 Å². The van der Waals surface area contributed by atoms with E-state index in [-0.39, 0.29) is 18.5 Å². The summed E-state index contributed by atoms with van der Waals surface area (Å²) in [6.45, 7) is 1.85. The van der Waals surface area contributed by atoms with Crippen LogP contribution in [0.5, 0.6) is 0 Å². The van der Waals surface area contributed by atoms with Gasteiger partial charge in [-0.1, -0.05) is 0 Å². The predicted molar refractivity (Wildman–Crippen MR) is 102 cm³/mol. The number of urea groups is 1. The molecule has 2 aliphatic rings. The number of nitrogens with zero attached hydrogens (tertiary/aromatic N) is 4. The lowest BCUT2D eigenvalue weighted by Crippen LogP contribution is -2.40. The van der Waals surface area contributed by atoms with Gasteiger partial charge < -0.3 is 20.2 Å². The Hall–Kier alpha value is -3.07. The fourth-order valence-electron chi connectivity index (χ4n) is 3.91. The summed E-state index contributed by atoms with van der Waals surface area (Å²) < 4.78 is 33.1. The van der Waals surface area contributed by atoms with Gasteiger partial charge in [0, 0.05) is 39.4 Å². The summed E-state index contributed by atoms with van der Waals surface area (Å²) in [5, 5.41) is 19.4. The molecule has 1 aliphatic heterocycles. The lowest BCUT2D eigenvalue weighted by Gasteiger charge is -2.23. The minimum absolute atomic E-state index is 0.0840. The Morgan fingerprint density at radius 3 is 2.26 bits per heavy atom. The standard InChI is InChI=1S/C17H23N5O2.C2HF3O2/c1-20(2)17(24)21-10-12-6-14(7-13(12)11-21)19-9-16(23)22-5-3-4-15(22)8-18;3-2(4,5)1(6)7/h3-5,12-14,19H,6-7,9-11H2,1-2H3;(H,6,7)/t12-,13-;/m1./s1. The van der Waals surface area contributed by atoms with Gasteiger partial charge >= 0.3 is 18.2 Å². The number of carboxylic acids is 1. The third-order valence-electron chi connectivity index (χ3n) is 5.32. The first-order valence-electron chi connectivity index (χ1n) is 9.54. The molecule has 170 valence electrons. The van der Waals surface area contributed by atoms with E-state index in [1.54, 1.807) is 37.3 Å². The van der Waals surface area contributed by atoms with Crippen molar-refractivity contribution < 1.29 is 32.7 Å². The van der Waals surface area contributed by atoms with Crippen LogP contribution in [-0.4, -0.2) is 83.3 Å². The van der Waals surface area contributed by atoms with Gasteiger partial charge in [0.1, 0.15) is 11.8 Å². The Bertz CT molecular complexity index is 847. The topological polar surface area (TPSA) is 119 Å². The van der Waals surface area contributed by atoms with Crippen molar-refractivity contribution in [3.05, 3.63) is 24.0 Å². The number of nitriles is 1. The molecule has 2 heterocycles. The number of aromatic nitrogens is 1. The van der Waals surface area contributed by atoms with E-state index < -0.39 is 12.1 Å². The molecule has 31 heavy (non-hydrogen) atoms. The molecule has 1 saturated carbocycles. The monoisotopic (exact) mass is 443 g/mol. The molecule has 1 aromatic rings. The first kappa shape index (κ1) is 24.2. The zero-order valence-electron chi connectivity index (χ0n) is 17.1. The largest absolute Gasteiger partial charge is 0.490 e. The summed E-state index contributed by atoms with van der Waals surface area (Å²) in [5.41, 5.74) is 0.364. The fourth-order valence-corrected chi connectivity index (χ4v) is 3.91. The lowest BCUT2D eigenvalue weighted by molar-refractivity contribution is -0.192. The second-order valence-corrected chi connectivity index (χ2v) is 7.72. The van der Waals surface area contributed by atoms with E-state index in [9.17, 15) is 22.8 Å². The number of likely N-dealkylation sites (tertiary alicyclic amines) is 1. The summed E-state index contributed by atoms with van der Waals surface area (Å²) in [6, 6.07) is 5.74. The van der Waals surface area contributed by atoms with Crippen molar-refractivity contribution in [2.24, 2.45) is 11.8 Å². The van der Waals surface area contributed by atoms with Crippen molar-refractivity contribution in [1.82, 2.24) is 19.7 Å². The Labute approximate surface area is 177 Å². The molecule has 0 unspecified atom stereocenters. The highest BCUT2D eigenvalue weighted by Crippen LogP contribution is 2.38. The van der Waals surface area contributed by atoms with Crippen LogP contribution in [0.4, 0.5) is 18.0 Å². The summed E-state index contributed by atoms with van der Waals surface area (Å²) in [4.78, 5) is 36.7. The molecule has 9 nitrogen and oxygen atoms in total. The van der Waals surface area contributed by atoms with Crippen molar-refractivity contribution in [3.63, 3.8) is 0 Å². The summed E-state index contributed by atoms with van der Waals surface area (Å²) in [7, 11) is 3.56. The molecule has 0 radical (unpaired) electrons. The Morgan fingerprint density at radius 2 is 1.81 bits per heavy atom. The number of hydrogen-bond acceptors (Lipinski definition) is 5. The Balaban J connectivity index is 0.000000423. The van der Waals surface area contributed by atoms with E-state index in [4.69, 9.17) is 15.2 Å². The van der Waals surface area contributed by atoms with Crippen molar-refractivity contribution in [2.75, 3.05) is 33.7 Å². The SMILES string of the molecule is CN(C)C(=O)N1C[C@H]2CC(NCC(=O)n3cccc3C#N)C[C@@H]2C1.O=C(O)C(F)(F)F. The van der Waals surface area contributed by atoms with Crippen LogP contribution in [0.2, 0.25) is 0 Å². The van der Waals surface area contributed by atoms with Gasteiger partial charge in [-0.15, -0.1) is 0 Å². The van der Waals surface area contributed by atoms with Crippen molar-refractivity contribution >= 4 is 17.9 Å². The fraction of sp³-hybridized carbons (Fsp3) is 0.579. The maximum absolute atomic E-state index is 12.2. The van der Waals surface area contributed by atoms with E-state index in [2.05, 4.69) is 5.32 Å². The number of alkyl halides is 3. The minimum atomic E-state index is -5.08. The molecule has 3 rings (SSSR count). The van der Waals surface area contributed by atoms with Crippen molar-refractivity contribution in [1.29, 1.82) is 5.26 Å². The maximum atomic E-state index is 12.2. The zero-order chi connectivity index (χ0) is 23.3. The number of fused-ring (bicyclic) bond motifs is 1. The van der Waals surface area contributed by atoms with Gasteiger partial charge in [0.25, 0.3) is 0 Å². The normalized spacial score (nSPS) is 20.5. The molecule has 2 N–H and O–H groups in total. The van der Waals surface area contributed by atoms with Crippen LogP contribution in [0.1, 0.15) is 23.3 Å². The highest BCUT2D eigenvalue weighted by molar-refractivity contribution is 5.82. The third kappa shape index (κ3) is 6.21. The number of carbonyl (C=O) groups is 3. The number of rotatable bonds is 3. The van der Waals surface area contributed by atoms with Crippen molar-refractivity contribution in [2.45, 2.75) is 25.1 Å². The summed E-state index contributed by atoms with van der Waals surface area (Å²) >= 11 is 0. The van der Waals surface area contributed by atoms with Gasteiger partial charge in [-0.05, 0) is 36.8 Å². The Morgan fingerprint density at radius 1 is 1.26 bits per heavy atom. The molecular formula is C19H24F3N5O4. The molecule has 2 amide bonds. The average Bonchev–Trinajstić information content (AvgIpc) is 3.39. The maximum Gasteiger partial charge on any atom is 0.490 e. The third-order valence-corrected chi connectivity index (χ3v) is 5.32. The van der Waals surface area contributed by atoms with Crippen LogP contribution in [-0.2, 0) is 4.79 Å². The van der Waals surface area contributed by atoms with Crippen LogP contribution in [0, 0.1) is 23.2 Å². The highest BCUT2D eigenvalue weighted by atomic mass is 19.4. The molecule has 1 aromatic heterocycles. The second-order valence-electron chi connectivity index (χ2n) is 7.72. The molecule has 0 aromatic carbocycles. The van der Waals surface area contributed by atoms with Crippen LogP contribution < -0.4 is 5.32 Å². The molecule has 2 fully saturated rings. The second kappa shape index (κ2) is 9.82. The van der Waals surface area contributed by atoms with Gasteiger partial charge in [-0.25, -0.2) is 9.59 Å². The molecule has 0 spiro atoms. The van der Waals surface area contributed by atoms with E-state index in [0.717, 1.165) is 25.9 Å². The van der Waals surface area contributed by atoms with Crippen LogP contribution >= 0.6 is 0 Å². The van der Waals surface area contributed by atoms with Gasteiger partial charge in [0.15, 0.2) is 0 Å². The van der Waals surface area contributed by atoms with Crippen LogP contribution in [0.15, 0.2) is 18.3 Å². The number of aliphatic carboxylic acids is 1. The molecule has 1 aliphatic carbocycles. The van der Waals surface area contributed by atoms with Gasteiger partial charge in [-0.2, -0.15) is 18.4 Å². The number of carboxylic acid groups (broad SMARTS) is 1. The highest BCUT2D eigenvalue weighted by Gasteiger charge is 2.42. The van der Waals surface area contributed by atoms with E-state index in [1.165, 1.54) is 4.57 Å². The quantitative estimate of drug-likeness (QED) is 0.733. The molecule has 1 saturated heterocycles. The van der Waals surface area contributed by atoms with Crippen LogP contribution in [0.25, 0.3) is 0 Å². The smallest absolute Gasteiger partial charge is 0.475 e. The Kier molecular flexibility index (Phi) is 7.67. The number of carbonyl (C=O) groups excluding carboxylic acids is 2. The van der Waals surface area contributed by atoms with Gasteiger partial charge in [0.2, 0.25) is 5.91 Å². The summed E-state index contributed by atoms with van der Waals surface area (Å²) in [5.74, 6) is -1.84. The van der Waals surface area contributed by atoms with Crippen molar-refractivity contribution in [3.8, 4) is 6.07 Å². The number of halogens is 3. The zero-order valence-corrected chi connectivity index (χ0v) is 17.1. The number of amides is 2.